The zero-order valence-electron chi connectivity index (χ0n) is 21.9. The van der Waals surface area contributed by atoms with E-state index in [0.717, 1.165) is 18.9 Å². The molecule has 0 aliphatic carbocycles. The maximum absolute atomic E-state index is 9.75. The second-order valence-electron chi connectivity index (χ2n) is 10.2. The number of halogens is 4. The third-order valence-corrected chi connectivity index (χ3v) is 6.33. The molecule has 9 heteroatoms. The lowest BCUT2D eigenvalue weighted by Crippen LogP contribution is -2.48. The highest BCUT2D eigenvalue weighted by Gasteiger charge is 2.32. The van der Waals surface area contributed by atoms with E-state index in [1.807, 2.05) is 0 Å². The summed E-state index contributed by atoms with van der Waals surface area (Å²) in [5.74, 6) is 2.36. The Hall–Kier alpha value is -2.68. The summed E-state index contributed by atoms with van der Waals surface area (Å²) in [6.07, 6.45) is 3.15. The minimum atomic E-state index is -6.00. The first kappa shape index (κ1) is 27.9. The van der Waals surface area contributed by atoms with Crippen molar-refractivity contribution < 1.29 is 26.6 Å². The zero-order valence-corrected chi connectivity index (χ0v) is 21.9. The third kappa shape index (κ3) is 7.18. The molecule has 0 bridgehead atoms. The highest BCUT2D eigenvalue weighted by atomic mass is 19.5. The number of hydrogen-bond donors (Lipinski definition) is 0. The number of rotatable bonds is 6. The van der Waals surface area contributed by atoms with Crippen LogP contribution in [0.5, 0.6) is 0 Å². The number of fused-ring (bicyclic) bond motifs is 1. The van der Waals surface area contributed by atoms with Gasteiger partial charge in [0.2, 0.25) is 6.33 Å². The van der Waals surface area contributed by atoms with E-state index in [2.05, 4.69) is 99.6 Å². The second-order valence-corrected chi connectivity index (χ2v) is 10.2. The van der Waals surface area contributed by atoms with Crippen molar-refractivity contribution in [3.63, 3.8) is 0 Å². The molecule has 1 aliphatic rings. The van der Waals surface area contributed by atoms with E-state index < -0.39 is 7.25 Å². The van der Waals surface area contributed by atoms with Gasteiger partial charge in [0.15, 0.2) is 0 Å². The molecular formula is C27H36BF4N3O. The lowest BCUT2D eigenvalue weighted by atomic mass is 9.87. The van der Waals surface area contributed by atoms with Crippen LogP contribution in [0.2, 0.25) is 0 Å². The van der Waals surface area contributed by atoms with Crippen LogP contribution in [0.4, 0.5) is 17.3 Å². The molecule has 36 heavy (non-hydrogen) atoms. The van der Waals surface area contributed by atoms with Crippen LogP contribution in [0.1, 0.15) is 93.4 Å². The Balaban J connectivity index is 0.000000658. The Bertz CT molecular complexity index is 1110. The van der Waals surface area contributed by atoms with Crippen LogP contribution in [0.25, 0.3) is 5.69 Å². The van der Waals surface area contributed by atoms with Crippen molar-refractivity contribution in [3.8, 4) is 5.69 Å². The largest absolute Gasteiger partial charge is 0.673 e. The average molecular weight is 505 g/mol. The molecule has 0 unspecified atom stereocenters. The standard InChI is InChI=1S/C27H36N3O.BF4/c1-18(2)22-13-24(19(3)4)27(25(14-22)20(5)6)30-17-29-23(15-31-16-26(29)28-30)12-21-10-8-7-9-11-21;2-1(3,4)5/h7-11,13-14,17-20,23H,12,15-16H2,1-6H3;/q+1;-1/t23-;/m0./s1. The predicted molar refractivity (Wildman–Crippen MR) is 135 cm³/mol. The second kappa shape index (κ2) is 11.6. The van der Waals surface area contributed by atoms with Crippen molar-refractivity contribution in [2.75, 3.05) is 6.61 Å². The summed E-state index contributed by atoms with van der Waals surface area (Å²) in [5, 5.41) is 5.03. The van der Waals surface area contributed by atoms with Crippen LogP contribution in [0.15, 0.2) is 48.8 Å². The van der Waals surface area contributed by atoms with Gasteiger partial charge in [0.25, 0.3) is 0 Å². The van der Waals surface area contributed by atoms with Crippen LogP contribution in [0.3, 0.4) is 0 Å². The Kier molecular flexibility index (Phi) is 8.98. The van der Waals surface area contributed by atoms with Crippen molar-refractivity contribution in [1.82, 2.24) is 9.78 Å². The monoisotopic (exact) mass is 505 g/mol. The van der Waals surface area contributed by atoms with Crippen LogP contribution in [-0.2, 0) is 17.8 Å². The molecule has 196 valence electrons. The molecule has 0 fully saturated rings. The van der Waals surface area contributed by atoms with E-state index in [1.54, 1.807) is 0 Å². The van der Waals surface area contributed by atoms with Gasteiger partial charge < -0.3 is 22.0 Å². The van der Waals surface area contributed by atoms with Crippen molar-refractivity contribution >= 4 is 7.25 Å². The molecule has 0 spiro atoms. The highest BCUT2D eigenvalue weighted by Crippen LogP contribution is 2.34. The molecule has 4 rings (SSSR count). The van der Waals surface area contributed by atoms with Crippen LogP contribution < -0.4 is 4.57 Å². The number of benzene rings is 2. The first-order valence-electron chi connectivity index (χ1n) is 12.5. The van der Waals surface area contributed by atoms with E-state index in [-0.39, 0.29) is 6.04 Å². The SMILES string of the molecule is CC(C)c1cc(C(C)C)c(-n2c[n+]3c(n2)COC[C@@H]3Cc2ccccc2)c(C(C)C)c1.F[B-](F)(F)F. The Labute approximate surface area is 211 Å². The van der Waals surface area contributed by atoms with Gasteiger partial charge in [0.1, 0.15) is 18.3 Å². The lowest BCUT2D eigenvalue weighted by Gasteiger charge is -2.20. The summed E-state index contributed by atoms with van der Waals surface area (Å²) in [6, 6.07) is 15.7. The predicted octanol–water partition coefficient (Wildman–Crippen LogP) is 7.14. The Morgan fingerprint density at radius 1 is 0.944 bits per heavy atom. The molecular weight excluding hydrogens is 469 g/mol. The van der Waals surface area contributed by atoms with Crippen molar-refractivity contribution in [2.24, 2.45) is 0 Å². The first-order chi connectivity index (χ1) is 16.8. The van der Waals surface area contributed by atoms with Gasteiger partial charge in [-0.2, -0.15) is 0 Å². The molecule has 2 heterocycles. The van der Waals surface area contributed by atoms with Crippen LogP contribution >= 0.6 is 0 Å². The van der Waals surface area contributed by atoms with Crippen molar-refractivity contribution in [2.45, 2.75) is 78.4 Å². The fraction of sp³-hybridized carbons (Fsp3) is 0.481. The number of hydrogen-bond acceptors (Lipinski definition) is 2. The normalized spacial score (nSPS) is 15.8. The topological polar surface area (TPSA) is 30.9 Å². The quantitative estimate of drug-likeness (QED) is 0.203. The molecule has 1 atom stereocenters. The van der Waals surface area contributed by atoms with Gasteiger partial charge in [-0.1, -0.05) is 88.7 Å². The Morgan fingerprint density at radius 2 is 1.50 bits per heavy atom. The highest BCUT2D eigenvalue weighted by molar-refractivity contribution is 6.50. The third-order valence-electron chi connectivity index (χ3n) is 6.33. The van der Waals surface area contributed by atoms with Gasteiger partial charge in [-0.15, -0.1) is 0 Å². The molecule has 1 aromatic heterocycles. The zero-order chi connectivity index (χ0) is 26.6. The molecule has 0 amide bonds. The van der Waals surface area contributed by atoms with Gasteiger partial charge >= 0.3 is 13.1 Å². The average Bonchev–Trinajstić information content (AvgIpc) is 3.22. The fourth-order valence-electron chi connectivity index (χ4n) is 4.49. The molecule has 3 aromatic rings. The molecule has 0 radical (unpaired) electrons. The smallest absolute Gasteiger partial charge is 0.418 e. The minimum Gasteiger partial charge on any atom is -0.418 e. The maximum Gasteiger partial charge on any atom is 0.673 e. The summed E-state index contributed by atoms with van der Waals surface area (Å²) >= 11 is 0. The molecule has 2 aromatic carbocycles. The summed E-state index contributed by atoms with van der Waals surface area (Å²) in [4.78, 5) is 0. The van der Waals surface area contributed by atoms with Gasteiger partial charge in [-0.3, -0.25) is 0 Å². The van der Waals surface area contributed by atoms with Crippen molar-refractivity contribution in [3.05, 3.63) is 76.9 Å². The molecule has 4 nitrogen and oxygen atoms in total. The molecule has 0 saturated carbocycles. The maximum atomic E-state index is 9.75. The van der Waals surface area contributed by atoms with Gasteiger partial charge in [-0.25, -0.2) is 4.57 Å². The number of nitrogens with zero attached hydrogens (tertiary/aromatic N) is 3. The fourth-order valence-corrected chi connectivity index (χ4v) is 4.49. The summed E-state index contributed by atoms with van der Waals surface area (Å²) in [7, 11) is -6.00. The summed E-state index contributed by atoms with van der Waals surface area (Å²) in [5.41, 5.74) is 6.73. The number of ether oxygens (including phenoxy) is 1. The van der Waals surface area contributed by atoms with Gasteiger partial charge in [-0.05, 0) is 40.0 Å². The van der Waals surface area contributed by atoms with E-state index >= 15 is 0 Å². The van der Waals surface area contributed by atoms with Crippen LogP contribution in [0, 0.1) is 0 Å². The van der Waals surface area contributed by atoms with E-state index in [9.17, 15) is 17.3 Å². The molecule has 0 N–H and O–H groups in total. The minimum absolute atomic E-state index is 0.264. The van der Waals surface area contributed by atoms with E-state index in [1.165, 1.54) is 27.9 Å². The van der Waals surface area contributed by atoms with Crippen molar-refractivity contribution in [1.29, 1.82) is 0 Å². The van der Waals surface area contributed by atoms with Crippen LogP contribution in [-0.4, -0.2) is 23.6 Å². The molecule has 0 saturated heterocycles. The van der Waals surface area contributed by atoms with Gasteiger partial charge in [0, 0.05) is 11.5 Å². The summed E-state index contributed by atoms with van der Waals surface area (Å²) < 4.78 is 49.4. The first-order valence-corrected chi connectivity index (χ1v) is 12.5. The number of aromatic nitrogens is 3. The molecule has 1 aliphatic heterocycles. The lowest BCUT2D eigenvalue weighted by molar-refractivity contribution is -0.742. The summed E-state index contributed by atoms with van der Waals surface area (Å²) in [6.45, 7) is 15.0. The van der Waals surface area contributed by atoms with E-state index in [4.69, 9.17) is 9.84 Å². The van der Waals surface area contributed by atoms with E-state index in [0.29, 0.717) is 24.4 Å². The van der Waals surface area contributed by atoms with Gasteiger partial charge in [0.05, 0.1) is 6.61 Å². The Morgan fingerprint density at radius 3 is 2.00 bits per heavy atom.